The van der Waals surface area contributed by atoms with Crippen LogP contribution in [0.25, 0.3) is 11.0 Å². The Labute approximate surface area is 193 Å². The van der Waals surface area contributed by atoms with Crippen molar-refractivity contribution >= 4 is 27.0 Å². The van der Waals surface area contributed by atoms with Gasteiger partial charge in [-0.3, -0.25) is 4.79 Å². The molecule has 9 heteroatoms. The quantitative estimate of drug-likeness (QED) is 0.544. The molecular formula is C24H29FN4O3S. The number of para-hydroxylation sites is 2. The van der Waals surface area contributed by atoms with Crippen LogP contribution >= 0.6 is 0 Å². The molecule has 1 aliphatic rings. The van der Waals surface area contributed by atoms with Crippen molar-refractivity contribution in [2.24, 2.45) is 5.92 Å². The summed E-state index contributed by atoms with van der Waals surface area (Å²) in [5, 5.41) is 3.10. The van der Waals surface area contributed by atoms with Crippen molar-refractivity contribution in [1.29, 1.82) is 0 Å². The second-order valence-electron chi connectivity index (χ2n) is 8.51. The predicted molar refractivity (Wildman–Crippen MR) is 125 cm³/mol. The molecule has 0 spiro atoms. The highest BCUT2D eigenvalue weighted by atomic mass is 32.2. The minimum absolute atomic E-state index is 0.0905. The normalized spacial score (nSPS) is 18.3. The number of amides is 1. The Hall–Kier alpha value is -2.78. The summed E-state index contributed by atoms with van der Waals surface area (Å²) < 4.78 is 42.0. The largest absolute Gasteiger partial charge is 0.347 e. The summed E-state index contributed by atoms with van der Waals surface area (Å²) in [6.45, 7) is 2.90. The first-order valence-corrected chi connectivity index (χ1v) is 12.9. The number of halogens is 1. The van der Waals surface area contributed by atoms with Gasteiger partial charge in [-0.05, 0) is 49.1 Å². The van der Waals surface area contributed by atoms with Gasteiger partial charge in [-0.1, -0.05) is 31.2 Å². The van der Waals surface area contributed by atoms with E-state index >= 15 is 0 Å². The summed E-state index contributed by atoms with van der Waals surface area (Å²) in [5.74, 6) is -0.869. The number of benzene rings is 2. The van der Waals surface area contributed by atoms with E-state index in [0.29, 0.717) is 32.4 Å². The molecule has 0 saturated carbocycles. The molecule has 1 aromatic heterocycles. The number of carbonyl (C=O) groups is 1. The van der Waals surface area contributed by atoms with Crippen LogP contribution in [0.2, 0.25) is 0 Å². The van der Waals surface area contributed by atoms with Crippen LogP contribution in [0.1, 0.15) is 37.8 Å². The van der Waals surface area contributed by atoms with Crippen LogP contribution < -0.4 is 5.32 Å². The lowest BCUT2D eigenvalue weighted by Crippen LogP contribution is -2.47. The van der Waals surface area contributed by atoms with Crippen LogP contribution in [0.3, 0.4) is 0 Å². The van der Waals surface area contributed by atoms with Gasteiger partial charge in [0.15, 0.2) is 0 Å². The van der Waals surface area contributed by atoms with Crippen molar-refractivity contribution in [2.45, 2.75) is 38.8 Å². The van der Waals surface area contributed by atoms with E-state index in [1.807, 2.05) is 35.8 Å². The Morgan fingerprint density at radius 1 is 1.21 bits per heavy atom. The summed E-state index contributed by atoms with van der Waals surface area (Å²) in [7, 11) is -3.35. The molecule has 1 fully saturated rings. The third-order valence-corrected chi connectivity index (χ3v) is 8.15. The van der Waals surface area contributed by atoms with Crippen LogP contribution in [0, 0.1) is 11.7 Å². The number of carbonyl (C=O) groups excluding carboxylic acids is 1. The summed E-state index contributed by atoms with van der Waals surface area (Å²) in [6.07, 6.45) is 3.55. The van der Waals surface area contributed by atoms with Crippen LogP contribution in [-0.2, 0) is 21.4 Å². The number of piperidine rings is 1. The van der Waals surface area contributed by atoms with Gasteiger partial charge in [0.1, 0.15) is 5.82 Å². The van der Waals surface area contributed by atoms with Crippen LogP contribution in [0.4, 0.5) is 4.39 Å². The summed E-state index contributed by atoms with van der Waals surface area (Å²) in [4.78, 5) is 17.7. The van der Waals surface area contributed by atoms with Crippen molar-refractivity contribution in [1.82, 2.24) is 19.2 Å². The van der Waals surface area contributed by atoms with E-state index in [-0.39, 0.29) is 24.0 Å². The molecule has 4 rings (SSSR count). The third kappa shape index (κ3) is 5.42. The molecule has 0 bridgehead atoms. The Bertz CT molecular complexity index is 1210. The van der Waals surface area contributed by atoms with Gasteiger partial charge in [-0.25, -0.2) is 22.1 Å². The summed E-state index contributed by atoms with van der Waals surface area (Å²) >= 11 is 0. The van der Waals surface area contributed by atoms with Crippen molar-refractivity contribution in [3.8, 4) is 0 Å². The van der Waals surface area contributed by atoms with Crippen molar-refractivity contribution in [2.75, 3.05) is 18.8 Å². The van der Waals surface area contributed by atoms with Crippen LogP contribution in [0.5, 0.6) is 0 Å². The molecule has 176 valence electrons. The Kier molecular flexibility index (Phi) is 7.09. The minimum Gasteiger partial charge on any atom is -0.347 e. The second kappa shape index (κ2) is 10.0. The zero-order valence-corrected chi connectivity index (χ0v) is 19.5. The van der Waals surface area contributed by atoms with Gasteiger partial charge < -0.3 is 9.88 Å². The van der Waals surface area contributed by atoms with Gasteiger partial charge in [0.05, 0.1) is 35.1 Å². The Balaban J connectivity index is 1.54. The molecule has 1 saturated heterocycles. The molecule has 1 amide bonds. The standard InChI is InChI=1S/C24H29FN4O3S/c1-2-14-33(31,32)29-13-5-6-19(15-29)24(30)27-22(18-9-11-20(25)12-10-18)16-28-17-26-21-7-3-4-8-23(21)28/h3-4,7-12,17,19,22H,2,5-6,13-16H2,1H3,(H,27,30). The van der Waals surface area contributed by atoms with E-state index in [9.17, 15) is 17.6 Å². The molecule has 33 heavy (non-hydrogen) atoms. The lowest BCUT2D eigenvalue weighted by molar-refractivity contribution is -0.127. The second-order valence-corrected chi connectivity index (χ2v) is 10.6. The lowest BCUT2D eigenvalue weighted by atomic mass is 9.97. The summed E-state index contributed by atoms with van der Waals surface area (Å²) in [6, 6.07) is 13.4. The van der Waals surface area contributed by atoms with E-state index in [4.69, 9.17) is 0 Å². The van der Waals surface area contributed by atoms with Crippen molar-refractivity contribution in [3.05, 3.63) is 66.2 Å². The fourth-order valence-electron chi connectivity index (χ4n) is 4.37. The van der Waals surface area contributed by atoms with Gasteiger partial charge in [0.2, 0.25) is 15.9 Å². The number of imidazole rings is 1. The van der Waals surface area contributed by atoms with Crippen LogP contribution in [0.15, 0.2) is 54.9 Å². The number of hydrogen-bond donors (Lipinski definition) is 1. The number of nitrogens with zero attached hydrogens (tertiary/aromatic N) is 3. The number of fused-ring (bicyclic) bond motifs is 1. The van der Waals surface area contributed by atoms with Crippen molar-refractivity contribution < 1.29 is 17.6 Å². The van der Waals surface area contributed by atoms with E-state index in [1.54, 1.807) is 18.5 Å². The molecular weight excluding hydrogens is 443 g/mol. The number of aromatic nitrogens is 2. The summed E-state index contributed by atoms with van der Waals surface area (Å²) in [5.41, 5.74) is 2.56. The maximum absolute atomic E-state index is 13.5. The molecule has 2 atom stereocenters. The molecule has 1 aliphatic heterocycles. The van der Waals surface area contributed by atoms with Crippen LogP contribution in [-0.4, -0.2) is 47.0 Å². The SMILES string of the molecule is CCCS(=O)(=O)N1CCCC(C(=O)NC(Cn2cnc3ccccc32)c2ccc(F)cc2)C1. The molecule has 2 heterocycles. The number of nitrogens with one attached hydrogen (secondary N) is 1. The monoisotopic (exact) mass is 472 g/mol. The third-order valence-electron chi connectivity index (χ3n) is 6.11. The van der Waals surface area contributed by atoms with E-state index in [0.717, 1.165) is 16.6 Å². The molecule has 2 aromatic carbocycles. The average molecular weight is 473 g/mol. The molecule has 0 aliphatic carbocycles. The minimum atomic E-state index is -3.35. The zero-order valence-electron chi connectivity index (χ0n) is 18.7. The Morgan fingerprint density at radius 3 is 2.73 bits per heavy atom. The fraction of sp³-hybridized carbons (Fsp3) is 0.417. The first-order chi connectivity index (χ1) is 15.9. The number of rotatable bonds is 8. The van der Waals surface area contributed by atoms with E-state index in [1.165, 1.54) is 16.4 Å². The van der Waals surface area contributed by atoms with Crippen molar-refractivity contribution in [3.63, 3.8) is 0 Å². The first-order valence-electron chi connectivity index (χ1n) is 11.3. The fourth-order valence-corrected chi connectivity index (χ4v) is 5.96. The van der Waals surface area contributed by atoms with E-state index < -0.39 is 22.0 Å². The predicted octanol–water partition coefficient (Wildman–Crippen LogP) is 3.48. The molecule has 3 aromatic rings. The maximum Gasteiger partial charge on any atom is 0.224 e. The smallest absolute Gasteiger partial charge is 0.224 e. The zero-order chi connectivity index (χ0) is 23.4. The highest BCUT2D eigenvalue weighted by Gasteiger charge is 2.32. The van der Waals surface area contributed by atoms with E-state index in [2.05, 4.69) is 10.3 Å². The molecule has 7 nitrogen and oxygen atoms in total. The number of hydrogen-bond acceptors (Lipinski definition) is 4. The Morgan fingerprint density at radius 2 is 1.97 bits per heavy atom. The molecule has 0 radical (unpaired) electrons. The highest BCUT2D eigenvalue weighted by Crippen LogP contribution is 2.24. The number of sulfonamides is 1. The van der Waals surface area contributed by atoms with Gasteiger partial charge >= 0.3 is 0 Å². The van der Waals surface area contributed by atoms with Gasteiger partial charge in [0.25, 0.3) is 0 Å². The van der Waals surface area contributed by atoms with Gasteiger partial charge in [-0.2, -0.15) is 0 Å². The lowest BCUT2D eigenvalue weighted by Gasteiger charge is -2.32. The topological polar surface area (TPSA) is 84.3 Å². The van der Waals surface area contributed by atoms with Gasteiger partial charge in [-0.15, -0.1) is 0 Å². The maximum atomic E-state index is 13.5. The van der Waals surface area contributed by atoms with Gasteiger partial charge in [0, 0.05) is 19.6 Å². The average Bonchev–Trinajstić information content (AvgIpc) is 3.22. The first kappa shape index (κ1) is 23.4. The molecule has 1 N–H and O–H groups in total. The highest BCUT2D eigenvalue weighted by molar-refractivity contribution is 7.89. The molecule has 2 unspecified atom stereocenters.